The number of halogens is 3. The molecule has 1 aromatic carbocycles. The number of benzene rings is 1. The molecule has 0 radical (unpaired) electrons. The quantitative estimate of drug-likeness (QED) is 0.533. The van der Waals surface area contributed by atoms with E-state index in [0.29, 0.717) is 22.7 Å². The highest BCUT2D eigenvalue weighted by Crippen LogP contribution is 2.22. The fraction of sp³-hybridized carbons (Fsp3) is 0.0833. The van der Waals surface area contributed by atoms with Gasteiger partial charge in [-0.05, 0) is 29.3 Å². The first-order valence-electron chi connectivity index (χ1n) is 5.42. The lowest BCUT2D eigenvalue weighted by atomic mass is 10.2. The average Bonchev–Trinajstić information content (AvgIpc) is 2.72. The molecule has 0 bridgehead atoms. The summed E-state index contributed by atoms with van der Waals surface area (Å²) in [6.07, 6.45) is 1.66. The lowest BCUT2D eigenvalue weighted by Crippen LogP contribution is -1.99. The van der Waals surface area contributed by atoms with E-state index in [1.54, 1.807) is 6.33 Å². The van der Waals surface area contributed by atoms with Gasteiger partial charge in [-0.3, -0.25) is 0 Å². The second-order valence-electron chi connectivity index (χ2n) is 3.96. The monoisotopic (exact) mass is 312 g/mol. The lowest BCUT2D eigenvalue weighted by molar-refractivity contribution is 0.823. The van der Waals surface area contributed by atoms with E-state index in [1.165, 1.54) is 0 Å². The molecule has 96 valence electrons. The highest BCUT2D eigenvalue weighted by atomic mass is 35.5. The predicted octanol–water partition coefficient (Wildman–Crippen LogP) is 3.83. The van der Waals surface area contributed by atoms with Crippen molar-refractivity contribution in [2.45, 2.75) is 6.54 Å². The van der Waals surface area contributed by atoms with Gasteiger partial charge in [0.2, 0.25) is 5.28 Å². The molecule has 2 heterocycles. The summed E-state index contributed by atoms with van der Waals surface area (Å²) in [5, 5.41) is 1.06. The van der Waals surface area contributed by atoms with Gasteiger partial charge in [-0.25, -0.2) is 9.97 Å². The lowest BCUT2D eigenvalue weighted by Gasteiger charge is -2.05. The van der Waals surface area contributed by atoms with Crippen LogP contribution in [-0.4, -0.2) is 19.5 Å². The van der Waals surface area contributed by atoms with Crippen LogP contribution in [-0.2, 0) is 6.54 Å². The Labute approximate surface area is 124 Å². The van der Waals surface area contributed by atoms with E-state index in [1.807, 2.05) is 28.8 Å². The standard InChI is InChI=1S/C12H7Cl3N4/c13-8-3-1-2-7(4-8)5-19-6-16-11-9(19)10(14)17-12(15)18-11/h1-4,6H,5H2. The van der Waals surface area contributed by atoms with Gasteiger partial charge in [0, 0.05) is 11.6 Å². The molecule has 19 heavy (non-hydrogen) atoms. The zero-order valence-electron chi connectivity index (χ0n) is 9.52. The van der Waals surface area contributed by atoms with Crippen LogP contribution in [0.5, 0.6) is 0 Å². The first kappa shape index (κ1) is 12.7. The van der Waals surface area contributed by atoms with E-state index in [9.17, 15) is 0 Å². The zero-order chi connectivity index (χ0) is 13.4. The first-order valence-corrected chi connectivity index (χ1v) is 6.55. The van der Waals surface area contributed by atoms with Gasteiger partial charge >= 0.3 is 0 Å². The minimum absolute atomic E-state index is 0.0884. The Hall–Kier alpha value is -1.36. The van der Waals surface area contributed by atoms with Gasteiger partial charge in [0.05, 0.1) is 6.33 Å². The summed E-state index contributed by atoms with van der Waals surface area (Å²) in [5.74, 6) is 0. The SMILES string of the molecule is Clc1cccc(Cn2cnc3nc(Cl)nc(Cl)c32)c1. The number of nitrogens with zero attached hydrogens (tertiary/aromatic N) is 4. The van der Waals surface area contributed by atoms with Gasteiger partial charge < -0.3 is 4.57 Å². The highest BCUT2D eigenvalue weighted by Gasteiger charge is 2.11. The van der Waals surface area contributed by atoms with E-state index >= 15 is 0 Å². The van der Waals surface area contributed by atoms with Crippen LogP contribution in [0.15, 0.2) is 30.6 Å². The first-order chi connectivity index (χ1) is 9.13. The Morgan fingerprint density at radius 2 is 1.95 bits per heavy atom. The van der Waals surface area contributed by atoms with E-state index in [4.69, 9.17) is 34.8 Å². The molecule has 3 aromatic rings. The molecule has 2 aromatic heterocycles. The highest BCUT2D eigenvalue weighted by molar-refractivity contribution is 6.35. The number of hydrogen-bond acceptors (Lipinski definition) is 3. The summed E-state index contributed by atoms with van der Waals surface area (Å²) in [5.41, 5.74) is 2.18. The topological polar surface area (TPSA) is 43.6 Å². The number of rotatable bonds is 2. The maximum atomic E-state index is 6.08. The molecule has 4 nitrogen and oxygen atoms in total. The number of fused-ring (bicyclic) bond motifs is 1. The van der Waals surface area contributed by atoms with Gasteiger partial charge in [0.15, 0.2) is 10.8 Å². The summed E-state index contributed by atoms with van der Waals surface area (Å²) in [4.78, 5) is 12.1. The zero-order valence-corrected chi connectivity index (χ0v) is 11.8. The van der Waals surface area contributed by atoms with E-state index in [0.717, 1.165) is 5.56 Å². The Balaban J connectivity index is 2.06. The molecule has 0 aliphatic heterocycles. The third-order valence-corrected chi connectivity index (χ3v) is 3.31. The Kier molecular flexibility index (Phi) is 3.31. The van der Waals surface area contributed by atoms with Crippen LogP contribution in [0.4, 0.5) is 0 Å². The van der Waals surface area contributed by atoms with Crippen molar-refractivity contribution in [3.63, 3.8) is 0 Å². The van der Waals surface area contributed by atoms with Crippen LogP contribution in [0.3, 0.4) is 0 Å². The normalized spacial score (nSPS) is 11.1. The van der Waals surface area contributed by atoms with E-state index in [2.05, 4.69) is 15.0 Å². The third kappa shape index (κ3) is 2.52. The molecule has 7 heteroatoms. The molecule has 0 amide bonds. The molecule has 0 atom stereocenters. The Morgan fingerprint density at radius 1 is 1.11 bits per heavy atom. The maximum absolute atomic E-state index is 6.08. The number of aromatic nitrogens is 4. The fourth-order valence-corrected chi connectivity index (χ4v) is 2.56. The summed E-state index contributed by atoms with van der Waals surface area (Å²) in [6.45, 7) is 0.585. The molecule has 0 fully saturated rings. The minimum Gasteiger partial charge on any atom is -0.322 e. The third-order valence-electron chi connectivity index (χ3n) is 2.64. The van der Waals surface area contributed by atoms with Gasteiger partial charge in [-0.2, -0.15) is 4.98 Å². The van der Waals surface area contributed by atoms with Crippen molar-refractivity contribution in [2.75, 3.05) is 0 Å². The van der Waals surface area contributed by atoms with Crippen molar-refractivity contribution < 1.29 is 0 Å². The summed E-state index contributed by atoms with van der Waals surface area (Å²) in [7, 11) is 0. The van der Waals surface area contributed by atoms with Crippen molar-refractivity contribution in [3.8, 4) is 0 Å². The largest absolute Gasteiger partial charge is 0.322 e. The van der Waals surface area contributed by atoms with Gasteiger partial charge in [-0.15, -0.1) is 0 Å². The van der Waals surface area contributed by atoms with Crippen molar-refractivity contribution in [1.82, 2.24) is 19.5 Å². The van der Waals surface area contributed by atoms with Crippen molar-refractivity contribution in [3.05, 3.63) is 51.6 Å². The molecule has 0 N–H and O–H groups in total. The average molecular weight is 314 g/mol. The summed E-state index contributed by atoms with van der Waals surface area (Å²) < 4.78 is 1.86. The van der Waals surface area contributed by atoms with Crippen LogP contribution in [0, 0.1) is 0 Å². The second kappa shape index (κ2) is 4.96. The fourth-order valence-electron chi connectivity index (χ4n) is 1.86. The molecule has 0 saturated heterocycles. The van der Waals surface area contributed by atoms with Crippen LogP contribution < -0.4 is 0 Å². The van der Waals surface area contributed by atoms with Crippen LogP contribution >= 0.6 is 34.8 Å². The number of hydrogen-bond donors (Lipinski definition) is 0. The van der Waals surface area contributed by atoms with E-state index < -0.39 is 0 Å². The van der Waals surface area contributed by atoms with Crippen molar-refractivity contribution in [2.24, 2.45) is 0 Å². The molecule has 3 rings (SSSR count). The van der Waals surface area contributed by atoms with Gasteiger partial charge in [-0.1, -0.05) is 35.3 Å². The van der Waals surface area contributed by atoms with Gasteiger partial charge in [0.1, 0.15) is 5.52 Å². The molecule has 0 unspecified atom stereocenters. The maximum Gasteiger partial charge on any atom is 0.225 e. The van der Waals surface area contributed by atoms with Crippen LogP contribution in [0.2, 0.25) is 15.5 Å². The molecule has 0 saturated carbocycles. The smallest absolute Gasteiger partial charge is 0.225 e. The Morgan fingerprint density at radius 3 is 2.74 bits per heavy atom. The van der Waals surface area contributed by atoms with Crippen molar-refractivity contribution >= 4 is 46.0 Å². The summed E-state index contributed by atoms with van der Waals surface area (Å²) in [6, 6.07) is 7.58. The van der Waals surface area contributed by atoms with Crippen molar-refractivity contribution in [1.29, 1.82) is 0 Å². The molecule has 0 aliphatic carbocycles. The Bertz CT molecular complexity index is 754. The van der Waals surface area contributed by atoms with E-state index in [-0.39, 0.29) is 10.4 Å². The van der Waals surface area contributed by atoms with Crippen LogP contribution in [0.1, 0.15) is 5.56 Å². The number of imidazole rings is 1. The molecular weight excluding hydrogens is 307 g/mol. The predicted molar refractivity (Wildman–Crippen MR) is 75.9 cm³/mol. The minimum atomic E-state index is 0.0884. The molecule has 0 spiro atoms. The second-order valence-corrected chi connectivity index (χ2v) is 5.09. The molecular formula is C12H7Cl3N4. The summed E-state index contributed by atoms with van der Waals surface area (Å²) >= 11 is 17.8. The van der Waals surface area contributed by atoms with Gasteiger partial charge in [0.25, 0.3) is 0 Å². The molecule has 0 aliphatic rings. The van der Waals surface area contributed by atoms with Crippen LogP contribution in [0.25, 0.3) is 11.2 Å².